The number of aryl methyl sites for hydroxylation is 1. The zero-order chi connectivity index (χ0) is 26.2. The number of piperidine rings is 1. The van der Waals surface area contributed by atoms with Crippen LogP contribution in [-0.4, -0.2) is 41.3 Å². The molecule has 2 aliphatic rings. The second-order valence-electron chi connectivity index (χ2n) is 9.66. The number of likely N-dealkylation sites (tertiary alicyclic amines) is 1. The molecule has 3 aromatic rings. The van der Waals surface area contributed by atoms with Crippen LogP contribution in [0.4, 0.5) is 24.7 Å². The normalized spacial score (nSPS) is 18.2. The number of nitrogens with one attached hydrogen (secondary N) is 2. The summed E-state index contributed by atoms with van der Waals surface area (Å²) in [4.78, 5) is 23.0. The predicted molar refractivity (Wildman–Crippen MR) is 137 cm³/mol. The molecule has 0 bridgehead atoms. The van der Waals surface area contributed by atoms with Crippen LogP contribution in [-0.2, 0) is 11.0 Å². The number of anilines is 2. The Morgan fingerprint density at radius 3 is 2.59 bits per heavy atom. The summed E-state index contributed by atoms with van der Waals surface area (Å²) in [5, 5.41) is 6.08. The number of fused-ring (bicyclic) bond motifs is 1. The molecule has 1 atom stereocenters. The van der Waals surface area contributed by atoms with E-state index < -0.39 is 17.8 Å². The average molecular weight is 508 g/mol. The minimum atomic E-state index is -4.49. The fourth-order valence-electron chi connectivity index (χ4n) is 5.03. The van der Waals surface area contributed by atoms with Crippen molar-refractivity contribution in [2.75, 3.05) is 25.5 Å². The number of benzene rings is 1. The highest BCUT2D eigenvalue weighted by Gasteiger charge is 2.36. The van der Waals surface area contributed by atoms with E-state index in [1.165, 1.54) is 0 Å². The summed E-state index contributed by atoms with van der Waals surface area (Å²) in [5.74, 6) is 0.182. The molecule has 192 valence electrons. The maximum Gasteiger partial charge on any atom is 0.416 e. The molecule has 1 unspecified atom stereocenters. The molecule has 2 aliphatic heterocycles. The second-order valence-corrected chi connectivity index (χ2v) is 9.66. The monoisotopic (exact) mass is 507 g/mol. The van der Waals surface area contributed by atoms with Crippen LogP contribution in [0.1, 0.15) is 52.7 Å². The Hall–Kier alpha value is -3.72. The molecule has 1 aromatic carbocycles. The third-order valence-corrected chi connectivity index (χ3v) is 7.06. The van der Waals surface area contributed by atoms with Crippen molar-refractivity contribution in [1.82, 2.24) is 20.2 Å². The Bertz CT molecular complexity index is 1330. The number of carbonyl (C=O) groups is 1. The van der Waals surface area contributed by atoms with E-state index in [4.69, 9.17) is 4.98 Å². The second kappa shape index (κ2) is 9.97. The fraction of sp³-hybridized carbons (Fsp3) is 0.321. The first-order chi connectivity index (χ1) is 17.7. The number of carbonyl (C=O) groups excluding carboxylic acids is 1. The van der Waals surface area contributed by atoms with Crippen LogP contribution < -0.4 is 10.6 Å². The molecule has 1 saturated heterocycles. The van der Waals surface area contributed by atoms with Gasteiger partial charge in [0.05, 0.1) is 11.3 Å². The minimum Gasteiger partial charge on any atom is -0.378 e. The largest absolute Gasteiger partial charge is 0.416 e. The third-order valence-electron chi connectivity index (χ3n) is 7.06. The summed E-state index contributed by atoms with van der Waals surface area (Å²) < 4.78 is 42.5. The maximum atomic E-state index is 14.2. The molecule has 9 heteroatoms. The molecule has 2 N–H and O–H groups in total. The van der Waals surface area contributed by atoms with E-state index in [1.54, 1.807) is 24.5 Å². The van der Waals surface area contributed by atoms with E-state index in [2.05, 4.69) is 20.5 Å². The Kier molecular flexibility index (Phi) is 6.72. The van der Waals surface area contributed by atoms with E-state index in [-0.39, 0.29) is 11.6 Å². The van der Waals surface area contributed by atoms with Crippen LogP contribution in [0.2, 0.25) is 0 Å². The van der Waals surface area contributed by atoms with Crippen molar-refractivity contribution in [3.8, 4) is 11.3 Å². The molecule has 0 aliphatic carbocycles. The van der Waals surface area contributed by atoms with Gasteiger partial charge in [0.15, 0.2) is 0 Å². The van der Waals surface area contributed by atoms with Gasteiger partial charge < -0.3 is 20.3 Å². The molecule has 4 heterocycles. The van der Waals surface area contributed by atoms with E-state index in [1.807, 2.05) is 38.2 Å². The summed E-state index contributed by atoms with van der Waals surface area (Å²) in [7, 11) is 1.99. The lowest BCUT2D eigenvalue weighted by molar-refractivity contribution is -0.138. The molecule has 5 rings (SSSR count). The molecule has 1 fully saturated rings. The van der Waals surface area contributed by atoms with Crippen molar-refractivity contribution in [3.63, 3.8) is 0 Å². The molecular formula is C28H28F3N5O. The number of hydrogen-bond donors (Lipinski definition) is 2. The smallest absolute Gasteiger partial charge is 0.378 e. The zero-order valence-electron chi connectivity index (χ0n) is 20.6. The van der Waals surface area contributed by atoms with Crippen molar-refractivity contribution >= 4 is 23.9 Å². The first-order valence-electron chi connectivity index (χ1n) is 12.3. The van der Waals surface area contributed by atoms with Gasteiger partial charge in [0.1, 0.15) is 18.1 Å². The number of halogens is 3. The summed E-state index contributed by atoms with van der Waals surface area (Å²) in [6, 6.07) is 9.33. The van der Waals surface area contributed by atoms with Crippen LogP contribution in [0, 0.1) is 6.92 Å². The number of nitrogens with zero attached hydrogens (tertiary/aromatic N) is 3. The fourth-order valence-corrected chi connectivity index (χ4v) is 5.03. The lowest BCUT2D eigenvalue weighted by Crippen LogP contribution is -2.30. The van der Waals surface area contributed by atoms with Crippen molar-refractivity contribution in [2.45, 2.75) is 37.9 Å². The number of alkyl halides is 3. The lowest BCUT2D eigenvalue weighted by Gasteiger charge is -2.31. The molecule has 0 saturated carbocycles. The molecule has 6 nitrogen and oxygen atoms in total. The van der Waals surface area contributed by atoms with Crippen molar-refractivity contribution in [3.05, 3.63) is 76.7 Å². The van der Waals surface area contributed by atoms with Gasteiger partial charge >= 0.3 is 6.18 Å². The van der Waals surface area contributed by atoms with Gasteiger partial charge in [-0.05, 0) is 99.6 Å². The summed E-state index contributed by atoms with van der Waals surface area (Å²) in [6.07, 6.45) is 2.84. The summed E-state index contributed by atoms with van der Waals surface area (Å²) >= 11 is 0. The molecular weight excluding hydrogens is 479 g/mol. The first kappa shape index (κ1) is 25.0. The van der Waals surface area contributed by atoms with Gasteiger partial charge in [0.25, 0.3) is 0 Å². The predicted octanol–water partition coefficient (Wildman–Crippen LogP) is 5.84. The number of pyridine rings is 2. The number of rotatable bonds is 5. The summed E-state index contributed by atoms with van der Waals surface area (Å²) in [6.45, 7) is 3.42. The highest BCUT2D eigenvalue weighted by Crippen LogP contribution is 2.41. The lowest BCUT2D eigenvalue weighted by atomic mass is 9.86. The SMILES string of the molecule is Cc1ccc(-c2cc3c(c(Nc4ccc(C5CCN(C)CC5)c(C(F)(F)F)c4)n2)C(C=O)NC=C3)cn1. The van der Waals surface area contributed by atoms with E-state index >= 15 is 0 Å². The minimum absolute atomic E-state index is 0.140. The Balaban J connectivity index is 1.57. The Morgan fingerprint density at radius 1 is 1.14 bits per heavy atom. The van der Waals surface area contributed by atoms with Gasteiger partial charge in [-0.15, -0.1) is 0 Å². The van der Waals surface area contributed by atoms with Gasteiger partial charge in [0.2, 0.25) is 0 Å². The van der Waals surface area contributed by atoms with Crippen LogP contribution in [0.3, 0.4) is 0 Å². The van der Waals surface area contributed by atoms with Gasteiger partial charge in [-0.1, -0.05) is 6.07 Å². The van der Waals surface area contributed by atoms with Crippen molar-refractivity contribution in [1.29, 1.82) is 0 Å². The van der Waals surface area contributed by atoms with Crippen LogP contribution in [0.15, 0.2) is 48.8 Å². The van der Waals surface area contributed by atoms with E-state index in [0.717, 1.165) is 42.3 Å². The number of hydrogen-bond acceptors (Lipinski definition) is 6. The van der Waals surface area contributed by atoms with Gasteiger partial charge in [0, 0.05) is 28.7 Å². The molecule has 2 aromatic heterocycles. The Morgan fingerprint density at radius 2 is 1.92 bits per heavy atom. The first-order valence-corrected chi connectivity index (χ1v) is 12.3. The van der Waals surface area contributed by atoms with Crippen molar-refractivity contribution in [2.24, 2.45) is 0 Å². The standard InChI is InChI=1S/C28H28F3N5O/c1-17-3-4-20(15-33-17)24-13-19-7-10-32-25(16-37)26(19)27(35-24)34-21-5-6-22(23(14-21)28(29,30)31)18-8-11-36(2)12-9-18/h3-7,10,13-16,18,25,32H,8-9,11-12H2,1-2H3,(H,34,35). The van der Waals surface area contributed by atoms with Crippen LogP contribution in [0.5, 0.6) is 0 Å². The zero-order valence-corrected chi connectivity index (χ0v) is 20.6. The molecule has 37 heavy (non-hydrogen) atoms. The Labute approximate surface area is 213 Å². The van der Waals surface area contributed by atoms with E-state index in [0.29, 0.717) is 35.5 Å². The van der Waals surface area contributed by atoms with Gasteiger partial charge in [-0.25, -0.2) is 4.98 Å². The average Bonchev–Trinajstić information content (AvgIpc) is 2.88. The highest BCUT2D eigenvalue weighted by molar-refractivity contribution is 5.80. The topological polar surface area (TPSA) is 70.2 Å². The van der Waals surface area contributed by atoms with Crippen LogP contribution in [0.25, 0.3) is 17.3 Å². The van der Waals surface area contributed by atoms with Crippen LogP contribution >= 0.6 is 0 Å². The highest BCUT2D eigenvalue weighted by atomic mass is 19.4. The number of aromatic nitrogens is 2. The number of aldehydes is 1. The maximum absolute atomic E-state index is 14.2. The van der Waals surface area contributed by atoms with E-state index in [9.17, 15) is 18.0 Å². The quantitative estimate of drug-likeness (QED) is 0.423. The van der Waals surface area contributed by atoms with Gasteiger partial charge in [-0.3, -0.25) is 4.98 Å². The third kappa shape index (κ3) is 5.22. The molecule has 0 spiro atoms. The van der Waals surface area contributed by atoms with Gasteiger partial charge in [-0.2, -0.15) is 13.2 Å². The van der Waals surface area contributed by atoms with Crippen molar-refractivity contribution < 1.29 is 18.0 Å². The molecule has 0 amide bonds. The molecule has 0 radical (unpaired) electrons. The summed E-state index contributed by atoms with van der Waals surface area (Å²) in [5.41, 5.74) is 3.51.